The molecule has 0 aliphatic carbocycles. The van der Waals surface area contributed by atoms with Gasteiger partial charge in [-0.25, -0.2) is 0 Å². The highest BCUT2D eigenvalue weighted by atomic mass is 16.5. The zero-order chi connectivity index (χ0) is 7.82. The highest BCUT2D eigenvalue weighted by molar-refractivity contribution is 4.54. The molecule has 3 nitrogen and oxygen atoms in total. The van der Waals surface area contributed by atoms with Crippen molar-refractivity contribution in [1.29, 1.82) is 0 Å². The second kappa shape index (κ2) is 6.99. The maximum atomic E-state index is 8.62. The van der Waals surface area contributed by atoms with Gasteiger partial charge in [-0.2, -0.15) is 0 Å². The van der Waals surface area contributed by atoms with Gasteiger partial charge in [-0.05, 0) is 12.8 Å². The minimum atomic E-state index is 0.0372. The van der Waals surface area contributed by atoms with Gasteiger partial charge in [0.1, 0.15) is 0 Å². The van der Waals surface area contributed by atoms with Crippen molar-refractivity contribution >= 4 is 0 Å². The molecule has 0 aromatic carbocycles. The van der Waals surface area contributed by atoms with Crippen LogP contribution >= 0.6 is 0 Å². The van der Waals surface area contributed by atoms with Gasteiger partial charge in [0.05, 0.1) is 0 Å². The van der Waals surface area contributed by atoms with Crippen molar-refractivity contribution in [3.63, 3.8) is 0 Å². The van der Waals surface area contributed by atoms with E-state index in [0.29, 0.717) is 6.61 Å². The summed E-state index contributed by atoms with van der Waals surface area (Å²) in [5.41, 5.74) is 0. The smallest absolute Gasteiger partial charge is 0.0481 e. The van der Waals surface area contributed by atoms with E-state index in [9.17, 15) is 0 Å². The number of aliphatic hydroxyl groups excluding tert-OH is 2. The van der Waals surface area contributed by atoms with Crippen LogP contribution in [0.1, 0.15) is 12.8 Å². The van der Waals surface area contributed by atoms with Gasteiger partial charge in [0.15, 0.2) is 0 Å². The minimum absolute atomic E-state index is 0.0372. The standard InChI is InChI=1S/C7H16O3/c1-10-4-2-3-7(5-8)6-9/h7-9H,2-6H2,1H3. The van der Waals surface area contributed by atoms with Gasteiger partial charge in [-0.3, -0.25) is 0 Å². The second-order valence-electron chi connectivity index (χ2n) is 2.37. The van der Waals surface area contributed by atoms with Gasteiger partial charge < -0.3 is 14.9 Å². The van der Waals surface area contributed by atoms with Crippen molar-refractivity contribution in [2.24, 2.45) is 5.92 Å². The second-order valence-corrected chi connectivity index (χ2v) is 2.37. The Morgan fingerprint density at radius 3 is 2.30 bits per heavy atom. The molecule has 0 atom stereocenters. The summed E-state index contributed by atoms with van der Waals surface area (Å²) in [7, 11) is 1.65. The fourth-order valence-corrected chi connectivity index (χ4v) is 0.757. The average molecular weight is 148 g/mol. The zero-order valence-corrected chi connectivity index (χ0v) is 6.42. The molecule has 0 aromatic rings. The van der Waals surface area contributed by atoms with E-state index >= 15 is 0 Å². The van der Waals surface area contributed by atoms with Crippen molar-refractivity contribution < 1.29 is 14.9 Å². The van der Waals surface area contributed by atoms with Crippen LogP contribution in [0.25, 0.3) is 0 Å². The Morgan fingerprint density at radius 1 is 1.30 bits per heavy atom. The summed E-state index contributed by atoms with van der Waals surface area (Å²) < 4.78 is 4.82. The Labute approximate surface area is 61.6 Å². The highest BCUT2D eigenvalue weighted by Gasteiger charge is 2.03. The van der Waals surface area contributed by atoms with Crippen LogP contribution in [0.15, 0.2) is 0 Å². The Morgan fingerprint density at radius 2 is 1.90 bits per heavy atom. The van der Waals surface area contributed by atoms with Crippen LogP contribution in [0.3, 0.4) is 0 Å². The molecule has 0 radical (unpaired) electrons. The van der Waals surface area contributed by atoms with Crippen molar-refractivity contribution in [1.82, 2.24) is 0 Å². The van der Waals surface area contributed by atoms with E-state index in [2.05, 4.69) is 0 Å². The summed E-state index contributed by atoms with van der Waals surface area (Å²) in [6, 6.07) is 0. The molecule has 2 N–H and O–H groups in total. The van der Waals surface area contributed by atoms with E-state index in [-0.39, 0.29) is 19.1 Å². The number of ether oxygens (including phenoxy) is 1. The van der Waals surface area contributed by atoms with Gasteiger partial charge >= 0.3 is 0 Å². The molecule has 62 valence electrons. The van der Waals surface area contributed by atoms with Crippen LogP contribution in [-0.4, -0.2) is 37.1 Å². The summed E-state index contributed by atoms with van der Waals surface area (Å²) in [6.45, 7) is 0.844. The molecule has 0 aromatic heterocycles. The third-order valence-corrected chi connectivity index (χ3v) is 1.48. The number of rotatable bonds is 6. The molecule has 0 unspecified atom stereocenters. The zero-order valence-electron chi connectivity index (χ0n) is 6.42. The molecule has 3 heteroatoms. The van der Waals surface area contributed by atoms with Crippen molar-refractivity contribution in [2.75, 3.05) is 26.9 Å². The van der Waals surface area contributed by atoms with Gasteiger partial charge in [0, 0.05) is 32.8 Å². The molecular formula is C7H16O3. The largest absolute Gasteiger partial charge is 0.396 e. The number of methoxy groups -OCH3 is 1. The summed E-state index contributed by atoms with van der Waals surface area (Å²) in [5.74, 6) is 0.0372. The predicted octanol–water partition coefficient (Wildman–Crippen LogP) is 0.0138. The van der Waals surface area contributed by atoms with Crippen molar-refractivity contribution in [3.05, 3.63) is 0 Å². The fraction of sp³-hybridized carbons (Fsp3) is 1.00. The van der Waals surface area contributed by atoms with Crippen LogP contribution < -0.4 is 0 Å². The van der Waals surface area contributed by atoms with E-state index in [0.717, 1.165) is 12.8 Å². The van der Waals surface area contributed by atoms with E-state index in [1.807, 2.05) is 0 Å². The molecule has 0 rings (SSSR count). The molecule has 0 amide bonds. The highest BCUT2D eigenvalue weighted by Crippen LogP contribution is 2.03. The predicted molar refractivity (Wildman–Crippen MR) is 38.8 cm³/mol. The first-order valence-corrected chi connectivity index (χ1v) is 3.55. The number of hydrogen-bond donors (Lipinski definition) is 2. The summed E-state index contributed by atoms with van der Waals surface area (Å²) >= 11 is 0. The average Bonchev–Trinajstić information content (AvgIpc) is 1.99. The third kappa shape index (κ3) is 4.73. The Hall–Kier alpha value is -0.120. The van der Waals surface area contributed by atoms with Gasteiger partial charge in [0.25, 0.3) is 0 Å². The van der Waals surface area contributed by atoms with Gasteiger partial charge in [-0.15, -0.1) is 0 Å². The van der Waals surface area contributed by atoms with Gasteiger partial charge in [0.2, 0.25) is 0 Å². The summed E-state index contributed by atoms with van der Waals surface area (Å²) in [4.78, 5) is 0. The minimum Gasteiger partial charge on any atom is -0.396 e. The molecular weight excluding hydrogens is 132 g/mol. The lowest BCUT2D eigenvalue weighted by Gasteiger charge is -2.08. The molecule has 0 bridgehead atoms. The van der Waals surface area contributed by atoms with Crippen LogP contribution in [0, 0.1) is 5.92 Å². The monoisotopic (exact) mass is 148 g/mol. The molecule has 10 heavy (non-hydrogen) atoms. The molecule has 0 saturated carbocycles. The summed E-state index contributed by atoms with van der Waals surface area (Å²) in [6.07, 6.45) is 1.74. The quantitative estimate of drug-likeness (QED) is 0.522. The lowest BCUT2D eigenvalue weighted by molar-refractivity contribution is 0.127. The lowest BCUT2D eigenvalue weighted by Crippen LogP contribution is -2.11. The van der Waals surface area contributed by atoms with E-state index in [1.54, 1.807) is 7.11 Å². The molecule has 0 saturated heterocycles. The van der Waals surface area contributed by atoms with Gasteiger partial charge in [-0.1, -0.05) is 0 Å². The first-order chi connectivity index (χ1) is 4.85. The topological polar surface area (TPSA) is 49.7 Å². The lowest BCUT2D eigenvalue weighted by atomic mass is 10.1. The first kappa shape index (κ1) is 9.88. The molecule has 0 fully saturated rings. The maximum Gasteiger partial charge on any atom is 0.0481 e. The fourth-order valence-electron chi connectivity index (χ4n) is 0.757. The van der Waals surface area contributed by atoms with E-state index < -0.39 is 0 Å². The summed E-state index contributed by atoms with van der Waals surface area (Å²) in [5, 5.41) is 17.2. The van der Waals surface area contributed by atoms with Crippen LogP contribution in [0.5, 0.6) is 0 Å². The number of hydrogen-bond acceptors (Lipinski definition) is 3. The van der Waals surface area contributed by atoms with E-state index in [4.69, 9.17) is 14.9 Å². The Balaban J connectivity index is 3.09. The molecule has 0 aliphatic heterocycles. The third-order valence-electron chi connectivity index (χ3n) is 1.48. The Kier molecular flexibility index (Phi) is 6.91. The maximum absolute atomic E-state index is 8.62. The van der Waals surface area contributed by atoms with Crippen molar-refractivity contribution in [2.45, 2.75) is 12.8 Å². The molecule has 0 aliphatic rings. The van der Waals surface area contributed by atoms with Crippen LogP contribution in [-0.2, 0) is 4.74 Å². The Bertz CT molecular complexity index is 61.9. The SMILES string of the molecule is COCCCC(CO)CO. The van der Waals surface area contributed by atoms with E-state index in [1.165, 1.54) is 0 Å². The molecule has 0 heterocycles. The van der Waals surface area contributed by atoms with Crippen molar-refractivity contribution in [3.8, 4) is 0 Å². The van der Waals surface area contributed by atoms with Crippen LogP contribution in [0.2, 0.25) is 0 Å². The number of aliphatic hydroxyl groups is 2. The molecule has 0 spiro atoms. The van der Waals surface area contributed by atoms with Crippen LogP contribution in [0.4, 0.5) is 0 Å². The first-order valence-electron chi connectivity index (χ1n) is 3.55. The normalized spacial score (nSPS) is 10.8.